The van der Waals surface area contributed by atoms with Gasteiger partial charge in [0, 0.05) is 44.4 Å². The van der Waals surface area contributed by atoms with Gasteiger partial charge in [0.25, 0.3) is 0 Å². The first-order valence-electron chi connectivity index (χ1n) is 6.24. The van der Waals surface area contributed by atoms with Gasteiger partial charge in [-0.1, -0.05) is 0 Å². The number of ether oxygens (including phenoxy) is 2. The lowest BCUT2D eigenvalue weighted by molar-refractivity contribution is -0.117. The molecule has 0 bridgehead atoms. The zero-order valence-corrected chi connectivity index (χ0v) is 10.9. The topological polar surface area (TPSA) is 82.3 Å². The SMILES string of the molecule is CCOC1(c2nc(C)cc(NN)n2)CCOCC1. The van der Waals surface area contributed by atoms with E-state index in [-0.39, 0.29) is 0 Å². The van der Waals surface area contributed by atoms with Crippen LogP contribution in [0.2, 0.25) is 0 Å². The van der Waals surface area contributed by atoms with Gasteiger partial charge in [-0.05, 0) is 13.8 Å². The van der Waals surface area contributed by atoms with E-state index in [1.807, 2.05) is 19.9 Å². The molecule has 0 spiro atoms. The maximum absolute atomic E-state index is 5.94. The molecule has 18 heavy (non-hydrogen) atoms. The Morgan fingerprint density at radius 3 is 2.78 bits per heavy atom. The molecule has 1 aromatic heterocycles. The molecule has 6 heteroatoms. The van der Waals surface area contributed by atoms with Crippen LogP contribution in [0.15, 0.2) is 6.07 Å². The molecular formula is C12H20N4O2. The second-order valence-electron chi connectivity index (χ2n) is 4.40. The number of anilines is 1. The van der Waals surface area contributed by atoms with Crippen molar-refractivity contribution in [3.63, 3.8) is 0 Å². The summed E-state index contributed by atoms with van der Waals surface area (Å²) in [5.74, 6) is 6.74. The van der Waals surface area contributed by atoms with Gasteiger partial charge in [-0.2, -0.15) is 0 Å². The third-order valence-corrected chi connectivity index (χ3v) is 3.13. The zero-order valence-electron chi connectivity index (χ0n) is 10.9. The van der Waals surface area contributed by atoms with Gasteiger partial charge in [0.2, 0.25) is 0 Å². The lowest BCUT2D eigenvalue weighted by Gasteiger charge is -2.35. The number of rotatable bonds is 4. The van der Waals surface area contributed by atoms with Crippen LogP contribution in [0.1, 0.15) is 31.3 Å². The predicted octanol–water partition coefficient (Wildman–Crippen LogP) is 1.11. The van der Waals surface area contributed by atoms with Crippen molar-refractivity contribution in [2.24, 2.45) is 5.84 Å². The number of hydrogen-bond acceptors (Lipinski definition) is 6. The maximum Gasteiger partial charge on any atom is 0.163 e. The number of nitrogens with zero attached hydrogens (tertiary/aromatic N) is 2. The van der Waals surface area contributed by atoms with Crippen molar-refractivity contribution in [1.82, 2.24) is 9.97 Å². The molecule has 0 atom stereocenters. The number of aryl methyl sites for hydroxylation is 1. The number of nitrogen functional groups attached to an aromatic ring is 1. The van der Waals surface area contributed by atoms with Crippen LogP contribution in [-0.2, 0) is 15.1 Å². The van der Waals surface area contributed by atoms with Crippen LogP contribution in [0.25, 0.3) is 0 Å². The van der Waals surface area contributed by atoms with Crippen LogP contribution in [0.3, 0.4) is 0 Å². The van der Waals surface area contributed by atoms with Crippen molar-refractivity contribution in [2.75, 3.05) is 25.2 Å². The second-order valence-corrected chi connectivity index (χ2v) is 4.40. The minimum Gasteiger partial charge on any atom is -0.381 e. The maximum atomic E-state index is 5.94. The molecule has 1 fully saturated rings. The van der Waals surface area contributed by atoms with Crippen LogP contribution in [0.4, 0.5) is 5.82 Å². The number of nitrogens with two attached hydrogens (primary N) is 1. The Morgan fingerprint density at radius 1 is 1.44 bits per heavy atom. The third-order valence-electron chi connectivity index (χ3n) is 3.13. The van der Waals surface area contributed by atoms with Gasteiger partial charge in [0.15, 0.2) is 5.82 Å². The first kappa shape index (κ1) is 13.2. The molecule has 0 unspecified atom stereocenters. The highest BCUT2D eigenvalue weighted by atomic mass is 16.5. The van der Waals surface area contributed by atoms with E-state index in [0.29, 0.717) is 31.5 Å². The van der Waals surface area contributed by atoms with E-state index >= 15 is 0 Å². The van der Waals surface area contributed by atoms with E-state index in [1.165, 1.54) is 0 Å². The highest BCUT2D eigenvalue weighted by molar-refractivity contribution is 5.35. The van der Waals surface area contributed by atoms with Crippen molar-refractivity contribution in [1.29, 1.82) is 0 Å². The van der Waals surface area contributed by atoms with E-state index in [1.54, 1.807) is 0 Å². The standard InChI is InChI=1S/C12H20N4O2/c1-3-18-12(4-6-17-7-5-12)11-14-9(2)8-10(15-11)16-13/h8H,3-7,13H2,1-2H3,(H,14,15,16). The summed E-state index contributed by atoms with van der Waals surface area (Å²) in [6, 6.07) is 1.81. The summed E-state index contributed by atoms with van der Waals surface area (Å²) in [6.45, 7) is 5.87. The molecule has 3 N–H and O–H groups in total. The molecule has 0 saturated carbocycles. The van der Waals surface area contributed by atoms with Gasteiger partial charge < -0.3 is 14.9 Å². The quantitative estimate of drug-likeness (QED) is 0.617. The molecule has 1 aliphatic heterocycles. The van der Waals surface area contributed by atoms with Crippen LogP contribution in [0.5, 0.6) is 0 Å². The first-order valence-corrected chi connectivity index (χ1v) is 6.24. The summed E-state index contributed by atoms with van der Waals surface area (Å²) in [5, 5.41) is 0. The lowest BCUT2D eigenvalue weighted by Crippen LogP contribution is -2.38. The monoisotopic (exact) mass is 252 g/mol. The molecule has 0 amide bonds. The summed E-state index contributed by atoms with van der Waals surface area (Å²) in [4.78, 5) is 8.95. The third kappa shape index (κ3) is 2.60. The number of aromatic nitrogens is 2. The lowest BCUT2D eigenvalue weighted by atomic mass is 9.92. The van der Waals surface area contributed by atoms with E-state index in [0.717, 1.165) is 18.5 Å². The van der Waals surface area contributed by atoms with Crippen molar-refractivity contribution >= 4 is 5.82 Å². The van der Waals surface area contributed by atoms with E-state index in [9.17, 15) is 0 Å². The summed E-state index contributed by atoms with van der Waals surface area (Å²) in [6.07, 6.45) is 1.54. The van der Waals surface area contributed by atoms with Crippen molar-refractivity contribution < 1.29 is 9.47 Å². The average Bonchev–Trinajstić information content (AvgIpc) is 2.39. The Labute approximate surface area is 107 Å². The Hall–Kier alpha value is -1.24. The Kier molecular flexibility index (Phi) is 4.11. The molecule has 100 valence electrons. The zero-order chi connectivity index (χ0) is 13.0. The van der Waals surface area contributed by atoms with Gasteiger partial charge in [-0.15, -0.1) is 0 Å². The van der Waals surface area contributed by atoms with Gasteiger partial charge in [-0.3, -0.25) is 0 Å². The summed E-state index contributed by atoms with van der Waals surface area (Å²) >= 11 is 0. The predicted molar refractivity (Wildman–Crippen MR) is 67.9 cm³/mol. The normalized spacial score (nSPS) is 18.6. The fraction of sp³-hybridized carbons (Fsp3) is 0.667. The second kappa shape index (κ2) is 5.60. The van der Waals surface area contributed by atoms with E-state index in [4.69, 9.17) is 15.3 Å². The molecule has 0 aromatic carbocycles. The fourth-order valence-corrected chi connectivity index (χ4v) is 2.26. The largest absolute Gasteiger partial charge is 0.381 e. The van der Waals surface area contributed by atoms with Crippen molar-refractivity contribution in [2.45, 2.75) is 32.3 Å². The molecule has 1 saturated heterocycles. The molecular weight excluding hydrogens is 232 g/mol. The summed E-state index contributed by atoms with van der Waals surface area (Å²) < 4.78 is 11.3. The average molecular weight is 252 g/mol. The first-order chi connectivity index (χ1) is 8.70. The number of hydrogen-bond donors (Lipinski definition) is 2. The van der Waals surface area contributed by atoms with Crippen molar-refractivity contribution in [3.8, 4) is 0 Å². The molecule has 1 aromatic rings. The Morgan fingerprint density at radius 2 is 2.17 bits per heavy atom. The molecule has 2 rings (SSSR count). The highest BCUT2D eigenvalue weighted by Gasteiger charge is 2.38. The van der Waals surface area contributed by atoms with Gasteiger partial charge in [0.1, 0.15) is 11.4 Å². The highest BCUT2D eigenvalue weighted by Crippen LogP contribution is 2.34. The number of hydrazine groups is 1. The minimum atomic E-state index is -0.440. The number of nitrogens with one attached hydrogen (secondary N) is 1. The van der Waals surface area contributed by atoms with Crippen molar-refractivity contribution in [3.05, 3.63) is 17.6 Å². The van der Waals surface area contributed by atoms with E-state index in [2.05, 4.69) is 15.4 Å². The summed E-state index contributed by atoms with van der Waals surface area (Å²) in [7, 11) is 0. The van der Waals surface area contributed by atoms with Crippen LogP contribution in [0, 0.1) is 6.92 Å². The molecule has 2 heterocycles. The van der Waals surface area contributed by atoms with Gasteiger partial charge in [-0.25, -0.2) is 15.8 Å². The van der Waals surface area contributed by atoms with E-state index < -0.39 is 5.60 Å². The van der Waals surface area contributed by atoms with Crippen LogP contribution >= 0.6 is 0 Å². The Bertz CT molecular complexity index is 400. The minimum absolute atomic E-state index is 0.440. The summed E-state index contributed by atoms with van der Waals surface area (Å²) in [5.41, 5.74) is 3.00. The Balaban J connectivity index is 2.37. The smallest absolute Gasteiger partial charge is 0.163 e. The van der Waals surface area contributed by atoms with Gasteiger partial charge in [0.05, 0.1) is 0 Å². The molecule has 0 radical (unpaired) electrons. The molecule has 0 aliphatic carbocycles. The van der Waals surface area contributed by atoms with Gasteiger partial charge >= 0.3 is 0 Å². The molecule has 6 nitrogen and oxygen atoms in total. The van der Waals surface area contributed by atoms with Crippen LogP contribution in [-0.4, -0.2) is 29.8 Å². The fourth-order valence-electron chi connectivity index (χ4n) is 2.26. The van der Waals surface area contributed by atoms with Crippen LogP contribution < -0.4 is 11.3 Å². The molecule has 1 aliphatic rings.